The first kappa shape index (κ1) is 9.42. The first-order chi connectivity index (χ1) is 5.55. The number of rotatable bonds is 1. The summed E-state index contributed by atoms with van der Waals surface area (Å²) in [6.07, 6.45) is -1.93. The van der Waals surface area contributed by atoms with Crippen molar-refractivity contribution in [1.82, 2.24) is 5.32 Å². The van der Waals surface area contributed by atoms with E-state index in [2.05, 4.69) is 5.32 Å². The minimum absolute atomic E-state index is 0.166. The lowest BCUT2D eigenvalue weighted by Gasteiger charge is -2.21. The Balaban J connectivity index is 2.87. The van der Waals surface area contributed by atoms with Crippen LogP contribution in [-0.4, -0.2) is 13.2 Å². The maximum absolute atomic E-state index is 12.3. The molecular formula is C8H12F3N. The first-order valence-electron chi connectivity index (χ1n) is 4.02. The van der Waals surface area contributed by atoms with E-state index in [0.717, 1.165) is 6.42 Å². The van der Waals surface area contributed by atoms with Crippen LogP contribution in [0.4, 0.5) is 13.2 Å². The molecule has 0 aromatic rings. The van der Waals surface area contributed by atoms with E-state index in [1.54, 1.807) is 7.05 Å². The van der Waals surface area contributed by atoms with Gasteiger partial charge in [0.05, 0.1) is 5.57 Å². The minimum atomic E-state index is -4.14. The average Bonchev–Trinajstić information content (AvgIpc) is 2.03. The van der Waals surface area contributed by atoms with Crippen LogP contribution in [0.1, 0.15) is 25.7 Å². The predicted molar refractivity (Wildman–Crippen MR) is 40.6 cm³/mol. The van der Waals surface area contributed by atoms with Crippen molar-refractivity contribution in [3.8, 4) is 0 Å². The number of alkyl halides is 3. The molecule has 0 amide bonds. The molecule has 0 heterocycles. The highest BCUT2D eigenvalue weighted by Gasteiger charge is 2.36. The quantitative estimate of drug-likeness (QED) is 0.652. The molecule has 4 heteroatoms. The van der Waals surface area contributed by atoms with Crippen molar-refractivity contribution in [2.24, 2.45) is 0 Å². The third kappa shape index (κ3) is 1.93. The Labute approximate surface area is 69.6 Å². The molecule has 0 bridgehead atoms. The second-order valence-electron chi connectivity index (χ2n) is 2.91. The molecule has 0 atom stereocenters. The van der Waals surface area contributed by atoms with Gasteiger partial charge in [0.1, 0.15) is 0 Å². The molecule has 0 fully saturated rings. The van der Waals surface area contributed by atoms with Crippen molar-refractivity contribution >= 4 is 0 Å². The highest BCUT2D eigenvalue weighted by molar-refractivity contribution is 5.19. The largest absolute Gasteiger partial charge is 0.414 e. The molecule has 70 valence electrons. The van der Waals surface area contributed by atoms with E-state index in [1.165, 1.54) is 0 Å². The minimum Gasteiger partial charge on any atom is -0.391 e. The summed E-state index contributed by atoms with van der Waals surface area (Å²) in [5, 5.41) is 2.62. The van der Waals surface area contributed by atoms with Crippen molar-refractivity contribution in [2.45, 2.75) is 31.9 Å². The Kier molecular flexibility index (Phi) is 2.65. The second kappa shape index (κ2) is 3.37. The van der Waals surface area contributed by atoms with Gasteiger partial charge >= 0.3 is 6.18 Å². The van der Waals surface area contributed by atoms with Gasteiger partial charge in [0.2, 0.25) is 0 Å². The van der Waals surface area contributed by atoms with E-state index in [0.29, 0.717) is 18.5 Å². The summed E-state index contributed by atoms with van der Waals surface area (Å²) in [4.78, 5) is 0. The summed E-state index contributed by atoms with van der Waals surface area (Å²) >= 11 is 0. The normalized spacial score (nSPS) is 19.7. The van der Waals surface area contributed by atoms with Crippen LogP contribution in [0, 0.1) is 0 Å². The van der Waals surface area contributed by atoms with Crippen molar-refractivity contribution in [3.63, 3.8) is 0 Å². The van der Waals surface area contributed by atoms with Crippen LogP contribution in [0.5, 0.6) is 0 Å². The van der Waals surface area contributed by atoms with Crippen LogP contribution in [0.2, 0.25) is 0 Å². The summed E-state index contributed by atoms with van der Waals surface area (Å²) in [5.41, 5.74) is 0.00463. The van der Waals surface area contributed by atoms with Crippen molar-refractivity contribution in [3.05, 3.63) is 11.3 Å². The smallest absolute Gasteiger partial charge is 0.391 e. The van der Waals surface area contributed by atoms with Crippen molar-refractivity contribution in [2.75, 3.05) is 7.05 Å². The third-order valence-corrected chi connectivity index (χ3v) is 2.11. The number of allylic oxidation sites excluding steroid dienone is 2. The summed E-state index contributed by atoms with van der Waals surface area (Å²) in [7, 11) is 1.55. The lowest BCUT2D eigenvalue weighted by atomic mass is 9.96. The maximum atomic E-state index is 12.3. The topological polar surface area (TPSA) is 12.0 Å². The van der Waals surface area contributed by atoms with Crippen LogP contribution in [0.25, 0.3) is 0 Å². The number of nitrogens with one attached hydrogen (secondary N) is 1. The predicted octanol–water partition coefficient (Wildman–Crippen LogP) is 2.60. The molecule has 0 aromatic heterocycles. The van der Waals surface area contributed by atoms with Gasteiger partial charge in [-0.25, -0.2) is 0 Å². The molecule has 12 heavy (non-hydrogen) atoms. The molecule has 1 aliphatic rings. The molecule has 0 saturated heterocycles. The van der Waals surface area contributed by atoms with Crippen LogP contribution >= 0.6 is 0 Å². The van der Waals surface area contributed by atoms with Gasteiger partial charge in [0, 0.05) is 12.7 Å². The fraction of sp³-hybridized carbons (Fsp3) is 0.750. The molecule has 0 radical (unpaired) electrons. The van der Waals surface area contributed by atoms with Crippen LogP contribution in [-0.2, 0) is 0 Å². The van der Waals surface area contributed by atoms with Crippen LogP contribution < -0.4 is 5.32 Å². The Morgan fingerprint density at radius 1 is 1.17 bits per heavy atom. The number of hydrogen-bond donors (Lipinski definition) is 1. The summed E-state index contributed by atoms with van der Waals surface area (Å²) in [6, 6.07) is 0. The van der Waals surface area contributed by atoms with E-state index < -0.39 is 6.18 Å². The van der Waals surface area contributed by atoms with Gasteiger partial charge in [-0.3, -0.25) is 0 Å². The fourth-order valence-corrected chi connectivity index (χ4v) is 1.49. The van der Waals surface area contributed by atoms with Gasteiger partial charge in [0.25, 0.3) is 0 Å². The lowest BCUT2D eigenvalue weighted by molar-refractivity contribution is -0.0962. The highest BCUT2D eigenvalue weighted by atomic mass is 19.4. The molecule has 1 N–H and O–H groups in total. The van der Waals surface area contributed by atoms with Gasteiger partial charge in [0.15, 0.2) is 0 Å². The molecule has 0 unspecified atom stereocenters. The SMILES string of the molecule is CNC1=C(C(F)(F)F)CCCC1. The molecule has 0 aliphatic heterocycles. The Morgan fingerprint density at radius 3 is 2.17 bits per heavy atom. The Bertz CT molecular complexity index is 193. The van der Waals surface area contributed by atoms with E-state index in [9.17, 15) is 13.2 Å². The molecule has 0 aromatic carbocycles. The zero-order chi connectivity index (χ0) is 9.19. The standard InChI is InChI=1S/C8H12F3N/c1-12-7-5-3-2-4-6(7)8(9,10)11/h12H,2-5H2,1H3. The highest BCUT2D eigenvalue weighted by Crippen LogP contribution is 2.35. The lowest BCUT2D eigenvalue weighted by Crippen LogP contribution is -2.22. The zero-order valence-corrected chi connectivity index (χ0v) is 6.96. The molecule has 1 aliphatic carbocycles. The van der Waals surface area contributed by atoms with Crippen LogP contribution in [0.15, 0.2) is 11.3 Å². The summed E-state index contributed by atoms with van der Waals surface area (Å²) in [6.45, 7) is 0. The van der Waals surface area contributed by atoms with E-state index >= 15 is 0 Å². The van der Waals surface area contributed by atoms with E-state index in [1.807, 2.05) is 0 Å². The monoisotopic (exact) mass is 179 g/mol. The van der Waals surface area contributed by atoms with E-state index in [4.69, 9.17) is 0 Å². The second-order valence-corrected chi connectivity index (χ2v) is 2.91. The molecule has 1 rings (SSSR count). The first-order valence-corrected chi connectivity index (χ1v) is 4.02. The van der Waals surface area contributed by atoms with Gasteiger partial charge in [-0.05, 0) is 25.7 Å². The number of halogens is 3. The summed E-state index contributed by atoms with van der Waals surface area (Å²) in [5.74, 6) is 0. The van der Waals surface area contributed by atoms with Crippen molar-refractivity contribution < 1.29 is 13.2 Å². The third-order valence-electron chi connectivity index (χ3n) is 2.11. The van der Waals surface area contributed by atoms with Crippen LogP contribution in [0.3, 0.4) is 0 Å². The number of hydrogen-bond acceptors (Lipinski definition) is 1. The molecule has 0 saturated carbocycles. The zero-order valence-electron chi connectivity index (χ0n) is 6.96. The summed E-state index contributed by atoms with van der Waals surface area (Å²) < 4.78 is 36.8. The van der Waals surface area contributed by atoms with Crippen molar-refractivity contribution in [1.29, 1.82) is 0 Å². The molecule has 1 nitrogen and oxygen atoms in total. The Morgan fingerprint density at radius 2 is 1.75 bits per heavy atom. The molecular weight excluding hydrogens is 167 g/mol. The maximum Gasteiger partial charge on any atom is 0.414 e. The molecule has 0 spiro atoms. The van der Waals surface area contributed by atoms with Gasteiger partial charge in [-0.15, -0.1) is 0 Å². The fourth-order valence-electron chi connectivity index (χ4n) is 1.49. The Hall–Kier alpha value is -0.670. The van der Waals surface area contributed by atoms with Gasteiger partial charge in [-0.1, -0.05) is 0 Å². The van der Waals surface area contributed by atoms with Gasteiger partial charge in [-0.2, -0.15) is 13.2 Å². The van der Waals surface area contributed by atoms with E-state index in [-0.39, 0.29) is 12.0 Å². The average molecular weight is 179 g/mol. The van der Waals surface area contributed by atoms with Gasteiger partial charge < -0.3 is 5.32 Å².